The summed E-state index contributed by atoms with van der Waals surface area (Å²) in [4.78, 5) is 30.0. The Hall–Kier alpha value is -2.19. The van der Waals surface area contributed by atoms with Gasteiger partial charge in [0.1, 0.15) is 4.47 Å². The number of carbonyl (C=O) groups excluding carboxylic acids is 1. The van der Waals surface area contributed by atoms with E-state index in [1.807, 2.05) is 30.3 Å². The van der Waals surface area contributed by atoms with Crippen molar-refractivity contribution in [3.8, 4) is 11.3 Å². The van der Waals surface area contributed by atoms with Crippen LogP contribution >= 0.6 is 15.9 Å². The van der Waals surface area contributed by atoms with Gasteiger partial charge in [-0.05, 0) is 15.9 Å². The number of carbonyl (C=O) groups is 1. The number of H-pyrrole nitrogens is 1. The number of aromatic nitrogens is 2. The molecule has 0 atom stereocenters. The van der Waals surface area contributed by atoms with Gasteiger partial charge in [0.15, 0.2) is 0 Å². The van der Waals surface area contributed by atoms with E-state index in [9.17, 15) is 9.59 Å². The number of hydrogen-bond donors (Lipinski definition) is 4. The zero-order chi connectivity index (χ0) is 15.2. The quantitative estimate of drug-likeness (QED) is 0.665. The highest BCUT2D eigenvalue weighted by atomic mass is 79.9. The summed E-state index contributed by atoms with van der Waals surface area (Å²) in [6.45, 7) is -0.0644. The number of anilines is 1. The number of urea groups is 1. The number of halogens is 1. The van der Waals surface area contributed by atoms with Gasteiger partial charge in [-0.1, -0.05) is 30.3 Å². The molecule has 0 saturated heterocycles. The maximum Gasteiger partial charge on any atom is 0.321 e. The first-order valence-corrected chi connectivity index (χ1v) is 6.92. The Labute approximate surface area is 128 Å². The molecule has 0 spiro atoms. The van der Waals surface area contributed by atoms with Crippen molar-refractivity contribution < 1.29 is 9.90 Å². The molecule has 1 heterocycles. The Bertz CT molecular complexity index is 688. The van der Waals surface area contributed by atoms with E-state index in [2.05, 4.69) is 36.5 Å². The molecule has 110 valence electrons. The Morgan fingerprint density at radius 2 is 2.05 bits per heavy atom. The van der Waals surface area contributed by atoms with Crippen molar-refractivity contribution in [1.29, 1.82) is 0 Å². The number of rotatable bonds is 4. The van der Waals surface area contributed by atoms with E-state index in [1.165, 1.54) is 0 Å². The van der Waals surface area contributed by atoms with E-state index in [-0.39, 0.29) is 23.6 Å². The van der Waals surface area contributed by atoms with Crippen molar-refractivity contribution in [2.75, 3.05) is 18.5 Å². The predicted molar refractivity (Wildman–Crippen MR) is 82.1 cm³/mol. The third-order valence-corrected chi connectivity index (χ3v) is 3.28. The third-order valence-electron chi connectivity index (χ3n) is 2.54. The molecule has 2 rings (SSSR count). The van der Waals surface area contributed by atoms with Crippen LogP contribution in [0.3, 0.4) is 0 Å². The fourth-order valence-electron chi connectivity index (χ4n) is 1.63. The fraction of sp³-hybridized carbons (Fsp3) is 0.154. The number of amides is 2. The van der Waals surface area contributed by atoms with E-state index in [4.69, 9.17) is 5.11 Å². The minimum absolute atomic E-state index is 0.0255. The van der Waals surface area contributed by atoms with Gasteiger partial charge >= 0.3 is 6.03 Å². The molecule has 0 aliphatic rings. The van der Waals surface area contributed by atoms with Gasteiger partial charge in [-0.15, -0.1) is 0 Å². The summed E-state index contributed by atoms with van der Waals surface area (Å²) < 4.78 is 0.287. The fourth-order valence-corrected chi connectivity index (χ4v) is 2.04. The Kier molecular flexibility index (Phi) is 5.07. The molecular weight excluding hydrogens is 340 g/mol. The second kappa shape index (κ2) is 7.00. The van der Waals surface area contributed by atoms with Crippen LogP contribution in [0.5, 0.6) is 0 Å². The molecule has 8 heteroatoms. The zero-order valence-corrected chi connectivity index (χ0v) is 12.5. The van der Waals surface area contributed by atoms with Crippen molar-refractivity contribution in [3.63, 3.8) is 0 Å². The first-order chi connectivity index (χ1) is 10.1. The number of benzene rings is 1. The number of aromatic amines is 1. The second-order valence-electron chi connectivity index (χ2n) is 4.05. The van der Waals surface area contributed by atoms with Crippen molar-refractivity contribution in [3.05, 3.63) is 45.2 Å². The van der Waals surface area contributed by atoms with Gasteiger partial charge < -0.3 is 10.4 Å². The lowest BCUT2D eigenvalue weighted by Crippen LogP contribution is -2.32. The highest BCUT2D eigenvalue weighted by molar-refractivity contribution is 9.10. The summed E-state index contributed by atoms with van der Waals surface area (Å²) in [5.74, 6) is 0.0255. The largest absolute Gasteiger partial charge is 0.395 e. The van der Waals surface area contributed by atoms with E-state index in [1.54, 1.807) is 0 Å². The number of hydrogen-bond acceptors (Lipinski definition) is 4. The normalized spacial score (nSPS) is 10.2. The molecule has 0 fully saturated rings. The van der Waals surface area contributed by atoms with Crippen molar-refractivity contribution in [2.45, 2.75) is 0 Å². The summed E-state index contributed by atoms with van der Waals surface area (Å²) in [5.41, 5.74) is 0.771. The molecule has 2 amide bonds. The minimum atomic E-state index is -0.562. The van der Waals surface area contributed by atoms with E-state index in [0.29, 0.717) is 5.69 Å². The topological polar surface area (TPSA) is 107 Å². The predicted octanol–water partition coefficient (Wildman–Crippen LogP) is 1.31. The molecule has 2 aromatic rings. The van der Waals surface area contributed by atoms with Gasteiger partial charge in [0.25, 0.3) is 5.56 Å². The molecule has 0 aliphatic carbocycles. The van der Waals surface area contributed by atoms with Crippen LogP contribution in [0, 0.1) is 0 Å². The SMILES string of the molecule is O=C(NCCO)Nc1nc(-c2ccccc2)c(Br)c(=O)[nH]1. The van der Waals surface area contributed by atoms with Gasteiger partial charge in [0, 0.05) is 12.1 Å². The summed E-state index contributed by atoms with van der Waals surface area (Å²) in [6, 6.07) is 8.56. The van der Waals surface area contributed by atoms with Gasteiger partial charge in [-0.3, -0.25) is 15.1 Å². The van der Waals surface area contributed by atoms with E-state index in [0.717, 1.165) is 5.56 Å². The van der Waals surface area contributed by atoms with Crippen LogP contribution in [0.25, 0.3) is 11.3 Å². The zero-order valence-electron chi connectivity index (χ0n) is 10.9. The van der Waals surface area contributed by atoms with Crippen molar-refractivity contribution in [1.82, 2.24) is 15.3 Å². The number of aliphatic hydroxyl groups excluding tert-OH is 1. The Morgan fingerprint density at radius 1 is 1.33 bits per heavy atom. The molecular formula is C13H13BrN4O3. The molecule has 7 nitrogen and oxygen atoms in total. The number of nitrogens with zero attached hydrogens (tertiary/aromatic N) is 1. The monoisotopic (exact) mass is 352 g/mol. The number of aliphatic hydroxyl groups is 1. The molecule has 0 bridgehead atoms. The maximum absolute atomic E-state index is 11.9. The summed E-state index contributed by atoms with van der Waals surface area (Å²) in [6.07, 6.45) is 0. The maximum atomic E-state index is 11.9. The van der Waals surface area contributed by atoms with Crippen LogP contribution in [-0.2, 0) is 0 Å². The lowest BCUT2D eigenvalue weighted by Gasteiger charge is -2.08. The highest BCUT2D eigenvalue weighted by Gasteiger charge is 2.12. The lowest BCUT2D eigenvalue weighted by molar-refractivity contribution is 0.244. The van der Waals surface area contributed by atoms with Gasteiger partial charge in [0.2, 0.25) is 5.95 Å². The van der Waals surface area contributed by atoms with Crippen LogP contribution in [0.15, 0.2) is 39.6 Å². The van der Waals surface area contributed by atoms with E-state index < -0.39 is 11.6 Å². The summed E-state index contributed by atoms with van der Waals surface area (Å²) >= 11 is 3.19. The highest BCUT2D eigenvalue weighted by Crippen LogP contribution is 2.23. The molecule has 0 saturated carbocycles. The minimum Gasteiger partial charge on any atom is -0.395 e. The molecule has 21 heavy (non-hydrogen) atoms. The van der Waals surface area contributed by atoms with Crippen molar-refractivity contribution in [2.24, 2.45) is 0 Å². The summed E-state index contributed by atoms with van der Waals surface area (Å²) in [7, 11) is 0. The molecule has 1 aromatic heterocycles. The molecule has 0 aliphatic heterocycles. The van der Waals surface area contributed by atoms with Crippen LogP contribution in [0.1, 0.15) is 0 Å². The van der Waals surface area contributed by atoms with Crippen LogP contribution < -0.4 is 16.2 Å². The molecule has 1 aromatic carbocycles. The van der Waals surface area contributed by atoms with Gasteiger partial charge in [-0.2, -0.15) is 0 Å². The Morgan fingerprint density at radius 3 is 2.71 bits per heavy atom. The standard InChI is InChI=1S/C13H13BrN4O3/c14-9-10(8-4-2-1-3-5-8)16-12(17-11(9)20)18-13(21)15-6-7-19/h1-5,19H,6-7H2,(H3,15,16,17,18,20,21). The molecule has 4 N–H and O–H groups in total. The first-order valence-electron chi connectivity index (χ1n) is 6.12. The summed E-state index contributed by atoms with van der Waals surface area (Å²) in [5, 5.41) is 13.4. The smallest absolute Gasteiger partial charge is 0.321 e. The van der Waals surface area contributed by atoms with Crippen LogP contribution in [0.2, 0.25) is 0 Å². The van der Waals surface area contributed by atoms with Gasteiger partial charge in [0.05, 0.1) is 12.3 Å². The third kappa shape index (κ3) is 3.89. The van der Waals surface area contributed by atoms with E-state index >= 15 is 0 Å². The van der Waals surface area contributed by atoms with Crippen molar-refractivity contribution >= 4 is 27.9 Å². The molecule has 0 radical (unpaired) electrons. The molecule has 0 unspecified atom stereocenters. The average Bonchev–Trinajstić information content (AvgIpc) is 2.49. The van der Waals surface area contributed by atoms with Gasteiger partial charge in [-0.25, -0.2) is 9.78 Å². The average molecular weight is 353 g/mol. The number of nitrogens with one attached hydrogen (secondary N) is 3. The first kappa shape index (κ1) is 15.2. The van der Waals surface area contributed by atoms with Crippen LogP contribution in [-0.4, -0.2) is 34.3 Å². The second-order valence-corrected chi connectivity index (χ2v) is 4.84. The lowest BCUT2D eigenvalue weighted by atomic mass is 10.1. The Balaban J connectivity index is 2.31. The van der Waals surface area contributed by atoms with Crippen LogP contribution in [0.4, 0.5) is 10.7 Å².